The summed E-state index contributed by atoms with van der Waals surface area (Å²) in [4.78, 5) is 26.6. The molecule has 0 radical (unpaired) electrons. The van der Waals surface area contributed by atoms with Gasteiger partial charge in [0.1, 0.15) is 22.9 Å². The van der Waals surface area contributed by atoms with Crippen LogP contribution < -0.4 is 30.4 Å². The van der Waals surface area contributed by atoms with E-state index in [1.54, 1.807) is 19.9 Å². The molecule has 198 valence electrons. The number of carbonyl (C=O) groups excluding carboxylic acids is 1. The Morgan fingerprint density at radius 3 is 2.59 bits per heavy atom. The molecule has 37 heavy (non-hydrogen) atoms. The van der Waals surface area contributed by atoms with Gasteiger partial charge in [0.15, 0.2) is 5.75 Å². The molecule has 1 heterocycles. The lowest BCUT2D eigenvalue weighted by Crippen LogP contribution is -2.34. The lowest BCUT2D eigenvalue weighted by atomic mass is 10.1. The van der Waals surface area contributed by atoms with Crippen molar-refractivity contribution in [2.24, 2.45) is 7.05 Å². The van der Waals surface area contributed by atoms with E-state index < -0.39 is 34.5 Å². The average molecular weight is 646 g/mol. The lowest BCUT2D eigenvalue weighted by molar-refractivity contribution is 0.0941. The van der Waals surface area contributed by atoms with E-state index in [0.29, 0.717) is 3.57 Å². The van der Waals surface area contributed by atoms with Crippen LogP contribution in [0.15, 0.2) is 47.3 Å². The normalized spacial score (nSPS) is 12.9. The van der Waals surface area contributed by atoms with E-state index >= 15 is 0 Å². The summed E-state index contributed by atoms with van der Waals surface area (Å²) in [5.41, 5.74) is -0.616. The highest BCUT2D eigenvalue weighted by molar-refractivity contribution is 14.1. The zero-order valence-electron chi connectivity index (χ0n) is 23.3. The maximum atomic E-state index is 14.7. The van der Waals surface area contributed by atoms with Crippen molar-refractivity contribution in [3.05, 3.63) is 73.3 Å². The zero-order chi connectivity index (χ0) is 30.0. The van der Waals surface area contributed by atoms with Gasteiger partial charge in [0.05, 0.1) is 16.9 Å². The predicted molar refractivity (Wildman–Crippen MR) is 150 cm³/mol. The monoisotopic (exact) mass is 646 g/mol. The molecule has 2 aromatic carbocycles. The molecule has 0 unspecified atom stereocenters. The van der Waals surface area contributed by atoms with Crippen molar-refractivity contribution in [3.63, 3.8) is 0 Å². The Morgan fingerprint density at radius 1 is 1.22 bits per heavy atom. The van der Waals surface area contributed by atoms with Gasteiger partial charge < -0.3 is 15.4 Å². The van der Waals surface area contributed by atoms with E-state index in [1.165, 1.54) is 59.7 Å². The summed E-state index contributed by atoms with van der Waals surface area (Å²) in [5, 5.41) is 5.59. The van der Waals surface area contributed by atoms with Gasteiger partial charge >= 0.3 is 0 Å². The molecular formula is C24H27FIN5O5S. The van der Waals surface area contributed by atoms with E-state index in [1.807, 2.05) is 22.6 Å². The van der Waals surface area contributed by atoms with Crippen molar-refractivity contribution in [1.82, 2.24) is 14.6 Å². The summed E-state index contributed by atoms with van der Waals surface area (Å²) >= 11 is 1.95. The minimum atomic E-state index is -4.47. The largest absolute Gasteiger partial charge is 0.456 e. The number of amides is 1. The van der Waals surface area contributed by atoms with Crippen molar-refractivity contribution < 1.29 is 26.5 Å². The molecule has 4 N–H and O–H groups in total. The highest BCUT2D eigenvalue weighted by Gasteiger charge is 2.27. The second kappa shape index (κ2) is 11.5. The highest BCUT2D eigenvalue weighted by Crippen LogP contribution is 2.35. The van der Waals surface area contributed by atoms with Crippen LogP contribution in [0.25, 0.3) is 0 Å². The van der Waals surface area contributed by atoms with Crippen LogP contribution >= 0.6 is 22.6 Å². The number of aromatic nitrogens is 1. The number of carbonyl (C=O) groups is 1. The first-order chi connectivity index (χ1) is 18.5. The molecule has 1 aromatic heterocycles. The molecule has 0 bridgehead atoms. The molecule has 3 rings (SSSR count). The van der Waals surface area contributed by atoms with Gasteiger partial charge in [-0.25, -0.2) is 9.11 Å². The molecule has 13 heteroatoms. The molecule has 0 saturated carbocycles. The molecular weight excluding hydrogens is 616 g/mol. The third-order valence-corrected chi connectivity index (χ3v) is 6.48. The molecule has 0 aliphatic heterocycles. The number of nitrogens with one attached hydrogen (secondary N) is 4. The Kier molecular flexibility index (Phi) is 7.50. The second-order valence-corrected chi connectivity index (χ2v) is 10.9. The molecule has 0 atom stereocenters. The molecule has 0 aliphatic rings. The number of pyridine rings is 1. The summed E-state index contributed by atoms with van der Waals surface area (Å²) in [6.07, 6.45) is 0. The first-order valence-electron chi connectivity index (χ1n) is 12.3. The fraction of sp³-hybridized carbons (Fsp3) is 0.250. The number of nitrogens with zero attached hydrogens (tertiary/aromatic N) is 1. The van der Waals surface area contributed by atoms with Crippen LogP contribution in [0, 0.1) is 16.3 Å². The zero-order valence-corrected chi connectivity index (χ0v) is 23.2. The predicted octanol–water partition coefficient (Wildman–Crippen LogP) is 3.99. The number of halogens is 2. The topological polar surface area (TPSA) is 131 Å². The second-order valence-electron chi connectivity index (χ2n) is 8.26. The van der Waals surface area contributed by atoms with E-state index in [2.05, 4.69) is 15.4 Å². The third-order valence-electron chi connectivity index (χ3n) is 5.04. The van der Waals surface area contributed by atoms with Gasteiger partial charge in [0.25, 0.3) is 21.7 Å². The minimum absolute atomic E-state index is 0.0157. The van der Waals surface area contributed by atoms with Crippen molar-refractivity contribution in [2.75, 3.05) is 17.0 Å². The molecule has 0 spiro atoms. The average Bonchev–Trinajstić information content (AvgIpc) is 2.80. The number of ether oxygens (including phenoxy) is 1. The molecule has 10 nitrogen and oxygen atoms in total. The Morgan fingerprint density at radius 2 is 1.95 bits per heavy atom. The molecule has 0 aliphatic carbocycles. The first-order valence-corrected chi connectivity index (χ1v) is 13.4. The van der Waals surface area contributed by atoms with E-state index in [4.69, 9.17) is 8.85 Å². The van der Waals surface area contributed by atoms with Crippen LogP contribution in [0.4, 0.5) is 21.6 Å². The highest BCUT2D eigenvalue weighted by atomic mass is 127. The molecule has 0 saturated heterocycles. The van der Waals surface area contributed by atoms with Gasteiger partial charge in [-0.1, -0.05) is 6.07 Å². The maximum absolute atomic E-state index is 14.7. The number of benzene rings is 2. The summed E-state index contributed by atoms with van der Waals surface area (Å²) in [6, 6.07) is 9.56. The number of anilines is 3. The number of rotatable bonds is 9. The Hall–Kier alpha value is -3.17. The van der Waals surface area contributed by atoms with Gasteiger partial charge in [-0.2, -0.15) is 8.42 Å². The molecule has 3 aromatic rings. The van der Waals surface area contributed by atoms with E-state index in [9.17, 15) is 22.4 Å². The Labute approximate surface area is 232 Å². The quantitative estimate of drug-likeness (QED) is 0.260. The smallest absolute Gasteiger partial charge is 0.298 e. The van der Waals surface area contributed by atoms with Gasteiger partial charge in [-0.05, 0) is 73.7 Å². The summed E-state index contributed by atoms with van der Waals surface area (Å²) in [5.74, 6) is -1.38. The SMILES string of the molecule is [2H]C([2H])([2H])NS(=O)(=O)Nc1cccc(Oc2c(C(=O)NC(C)C)c(Nc3ccc(I)cc3F)n(C)c(=O)c2C)c1. The summed E-state index contributed by atoms with van der Waals surface area (Å²) < 4.78 is 71.8. The summed E-state index contributed by atoms with van der Waals surface area (Å²) in [7, 11) is -3.05. The van der Waals surface area contributed by atoms with Crippen LogP contribution in [-0.4, -0.2) is 31.9 Å². The van der Waals surface area contributed by atoms with Gasteiger partial charge in [-0.3, -0.25) is 18.9 Å². The van der Waals surface area contributed by atoms with Crippen molar-refractivity contribution in [2.45, 2.75) is 26.8 Å². The van der Waals surface area contributed by atoms with Gasteiger partial charge in [-0.15, -0.1) is 0 Å². The van der Waals surface area contributed by atoms with Gasteiger partial charge in [0, 0.05) is 33.8 Å². The standard InChI is InChI=1S/C24H27FIN5O5S/c1-13(2)28-23(32)20-21(36-17-8-6-7-16(12-17)30-37(34,35)27-4)14(3)24(33)31(5)22(20)29-19-10-9-15(26)11-18(19)25/h6-13,27,29-30H,1-5H3,(H,28,32)/i4D3. The maximum Gasteiger partial charge on any atom is 0.298 e. The lowest BCUT2D eigenvalue weighted by Gasteiger charge is -2.22. The third kappa shape index (κ3) is 6.78. The van der Waals surface area contributed by atoms with Gasteiger partial charge in [0.2, 0.25) is 0 Å². The minimum Gasteiger partial charge on any atom is -0.456 e. The fourth-order valence-electron chi connectivity index (χ4n) is 3.37. The van der Waals surface area contributed by atoms with Crippen LogP contribution in [-0.2, 0) is 17.3 Å². The van der Waals surface area contributed by atoms with E-state index in [-0.39, 0.29) is 45.9 Å². The van der Waals surface area contributed by atoms with Crippen LogP contribution in [0.1, 0.15) is 33.9 Å². The Balaban J connectivity index is 2.14. The number of hydrogen-bond donors (Lipinski definition) is 4. The fourth-order valence-corrected chi connectivity index (χ4v) is 4.31. The van der Waals surface area contributed by atoms with Crippen molar-refractivity contribution >= 4 is 55.9 Å². The molecule has 0 fully saturated rings. The first kappa shape index (κ1) is 24.2. The number of hydrogen-bond acceptors (Lipinski definition) is 6. The Bertz CT molecular complexity index is 1610. The van der Waals surface area contributed by atoms with Crippen LogP contribution in [0.5, 0.6) is 11.5 Å². The van der Waals surface area contributed by atoms with Crippen LogP contribution in [0.2, 0.25) is 0 Å². The molecule has 1 amide bonds. The van der Waals surface area contributed by atoms with E-state index in [0.717, 1.165) is 0 Å². The van der Waals surface area contributed by atoms with Crippen molar-refractivity contribution in [3.8, 4) is 11.5 Å². The van der Waals surface area contributed by atoms with Crippen molar-refractivity contribution in [1.29, 1.82) is 0 Å². The van der Waals surface area contributed by atoms with Crippen LogP contribution in [0.3, 0.4) is 0 Å². The summed E-state index contributed by atoms with van der Waals surface area (Å²) in [6.45, 7) is 1.97.